The van der Waals surface area contributed by atoms with E-state index >= 15 is 0 Å². The van der Waals surface area contributed by atoms with Gasteiger partial charge >= 0.3 is 11.9 Å². The second-order valence-corrected chi connectivity index (χ2v) is 9.29. The van der Waals surface area contributed by atoms with Crippen molar-refractivity contribution in [2.45, 2.75) is 84.5 Å². The van der Waals surface area contributed by atoms with Gasteiger partial charge in [-0.1, -0.05) is 45.9 Å². The number of carboxylic acid groups (broad SMARTS) is 1. The molecule has 0 unspecified atom stereocenters. The second kappa shape index (κ2) is 11.1. The molecule has 0 heterocycles. The first-order valence-corrected chi connectivity index (χ1v) is 11.3. The fraction of sp³-hybridized carbons (Fsp3) is 0.750. The van der Waals surface area contributed by atoms with Crippen molar-refractivity contribution in [1.82, 2.24) is 0 Å². The van der Waals surface area contributed by atoms with E-state index in [0.29, 0.717) is 12.3 Å². The maximum Gasteiger partial charge on any atom is 0.308 e. The number of carbonyl (C=O) groups excluding carboxylic acids is 1. The van der Waals surface area contributed by atoms with Crippen molar-refractivity contribution in [3.05, 3.63) is 23.8 Å². The Kier molecular flexibility index (Phi) is 9.10. The van der Waals surface area contributed by atoms with Crippen molar-refractivity contribution >= 4 is 11.9 Å². The molecule has 0 spiro atoms. The van der Waals surface area contributed by atoms with Crippen LogP contribution in [-0.4, -0.2) is 45.6 Å². The van der Waals surface area contributed by atoms with Crippen LogP contribution in [-0.2, 0) is 14.3 Å². The maximum atomic E-state index is 12.5. The number of fused-ring (bicyclic) bond motifs is 1. The molecule has 0 aromatic rings. The minimum Gasteiger partial charge on any atom is -0.481 e. The number of hydrogen-bond donors (Lipinski definition) is 3. The Bertz CT molecular complexity index is 654. The van der Waals surface area contributed by atoms with Crippen LogP contribution in [0.5, 0.6) is 0 Å². The normalized spacial score (nSPS) is 31.3. The Morgan fingerprint density at radius 3 is 2.57 bits per heavy atom. The van der Waals surface area contributed by atoms with Gasteiger partial charge in [0.15, 0.2) is 0 Å². The van der Waals surface area contributed by atoms with Gasteiger partial charge in [0.05, 0.1) is 24.5 Å². The van der Waals surface area contributed by atoms with Crippen molar-refractivity contribution in [2.75, 3.05) is 0 Å². The Balaban J connectivity index is 2.09. The van der Waals surface area contributed by atoms with Gasteiger partial charge in [0, 0.05) is 5.92 Å². The number of hydrogen-bond acceptors (Lipinski definition) is 5. The smallest absolute Gasteiger partial charge is 0.308 e. The summed E-state index contributed by atoms with van der Waals surface area (Å²) in [6.45, 7) is 8.16. The first kappa shape index (κ1) is 24.6. The summed E-state index contributed by atoms with van der Waals surface area (Å²) in [5.74, 6) is -0.406. The van der Waals surface area contributed by atoms with Crippen molar-refractivity contribution in [3.8, 4) is 0 Å². The van der Waals surface area contributed by atoms with Crippen LogP contribution in [0.25, 0.3) is 0 Å². The fourth-order valence-electron chi connectivity index (χ4n) is 4.76. The molecule has 0 aromatic carbocycles. The van der Waals surface area contributed by atoms with Crippen LogP contribution >= 0.6 is 0 Å². The number of aliphatic hydroxyl groups excluding tert-OH is 2. The zero-order chi connectivity index (χ0) is 22.4. The Morgan fingerprint density at radius 2 is 1.93 bits per heavy atom. The summed E-state index contributed by atoms with van der Waals surface area (Å²) in [5.41, 5.74) is 1.21. The molecule has 0 saturated heterocycles. The quantitative estimate of drug-likeness (QED) is 0.464. The molecule has 2 aliphatic carbocycles. The molecule has 6 nitrogen and oxygen atoms in total. The standard InChI is InChI=1S/C24H38O6/c1-5-15(3)24(29)30-21-11-14(2)10-17-7-6-16(4)20(23(17)21)9-8-18(25)12-19(26)13-22(27)28/h6-7,10,14-16,18-21,23,25-26H,5,8-9,11-13H2,1-4H3,(H,27,28)/t14-,15-,16-,18+,19+,20-,21-,23+/m0/s1. The second-order valence-electron chi connectivity index (χ2n) is 9.29. The summed E-state index contributed by atoms with van der Waals surface area (Å²) in [7, 11) is 0. The molecule has 30 heavy (non-hydrogen) atoms. The maximum absolute atomic E-state index is 12.5. The molecule has 8 atom stereocenters. The molecule has 170 valence electrons. The molecule has 0 saturated carbocycles. The number of ether oxygens (including phenoxy) is 1. The highest BCUT2D eigenvalue weighted by atomic mass is 16.5. The molecule has 0 aliphatic heterocycles. The van der Waals surface area contributed by atoms with E-state index in [2.05, 4.69) is 32.1 Å². The zero-order valence-corrected chi connectivity index (χ0v) is 18.7. The van der Waals surface area contributed by atoms with Crippen molar-refractivity contribution in [3.63, 3.8) is 0 Å². The number of esters is 1. The number of carboxylic acids is 1. The lowest BCUT2D eigenvalue weighted by Crippen LogP contribution is -2.41. The minimum atomic E-state index is -1.07. The summed E-state index contributed by atoms with van der Waals surface area (Å²) >= 11 is 0. The molecular weight excluding hydrogens is 384 g/mol. The molecule has 0 amide bonds. The van der Waals surface area contributed by atoms with Crippen LogP contribution in [0.1, 0.15) is 66.2 Å². The topological polar surface area (TPSA) is 104 Å². The SMILES string of the molecule is CC[C@H](C)C(=O)O[C@H]1C[C@@H](C)C=C2C=C[C@H](C)[C@H](CC[C@@H](O)C[C@@H](O)CC(=O)O)[C@@H]21. The van der Waals surface area contributed by atoms with E-state index in [0.717, 1.165) is 19.3 Å². The number of rotatable bonds is 10. The van der Waals surface area contributed by atoms with Crippen LogP contribution in [0.15, 0.2) is 23.8 Å². The van der Waals surface area contributed by atoms with Gasteiger partial charge < -0.3 is 20.1 Å². The van der Waals surface area contributed by atoms with Gasteiger partial charge in [-0.3, -0.25) is 9.59 Å². The molecule has 0 bridgehead atoms. The summed E-state index contributed by atoms with van der Waals surface area (Å²) < 4.78 is 6.00. The van der Waals surface area contributed by atoms with Gasteiger partial charge in [-0.05, 0) is 55.4 Å². The van der Waals surface area contributed by atoms with Gasteiger partial charge in [0.1, 0.15) is 6.10 Å². The summed E-state index contributed by atoms with van der Waals surface area (Å²) in [6.07, 6.45) is 7.07. The summed E-state index contributed by atoms with van der Waals surface area (Å²) in [5, 5.41) is 28.9. The molecular formula is C24H38O6. The predicted molar refractivity (Wildman–Crippen MR) is 115 cm³/mol. The Labute approximate surface area is 180 Å². The molecule has 2 rings (SSSR count). The van der Waals surface area contributed by atoms with E-state index in [1.807, 2.05) is 13.8 Å². The lowest BCUT2D eigenvalue weighted by Gasteiger charge is -2.43. The molecule has 0 fully saturated rings. The Morgan fingerprint density at radius 1 is 1.23 bits per heavy atom. The molecule has 3 N–H and O–H groups in total. The van der Waals surface area contributed by atoms with Crippen LogP contribution in [0.2, 0.25) is 0 Å². The van der Waals surface area contributed by atoms with E-state index in [4.69, 9.17) is 9.84 Å². The average Bonchev–Trinajstić information content (AvgIpc) is 2.65. The minimum absolute atomic E-state index is 0.0556. The number of aliphatic carboxylic acids is 1. The highest BCUT2D eigenvalue weighted by molar-refractivity contribution is 5.72. The van der Waals surface area contributed by atoms with E-state index < -0.39 is 18.2 Å². The lowest BCUT2D eigenvalue weighted by molar-refractivity contribution is -0.158. The van der Waals surface area contributed by atoms with Gasteiger partial charge in [0.2, 0.25) is 0 Å². The summed E-state index contributed by atoms with van der Waals surface area (Å²) in [4.78, 5) is 23.2. The van der Waals surface area contributed by atoms with Crippen LogP contribution in [0, 0.1) is 29.6 Å². The number of aliphatic hydroxyl groups is 2. The monoisotopic (exact) mass is 422 g/mol. The van der Waals surface area contributed by atoms with Crippen molar-refractivity contribution in [2.24, 2.45) is 29.6 Å². The number of carbonyl (C=O) groups is 2. The van der Waals surface area contributed by atoms with Crippen LogP contribution in [0.3, 0.4) is 0 Å². The third-order valence-corrected chi connectivity index (χ3v) is 6.67. The Hall–Kier alpha value is -1.66. The fourth-order valence-corrected chi connectivity index (χ4v) is 4.76. The molecule has 0 radical (unpaired) electrons. The van der Waals surface area contributed by atoms with E-state index in [-0.39, 0.29) is 48.6 Å². The lowest BCUT2D eigenvalue weighted by atomic mass is 9.65. The highest BCUT2D eigenvalue weighted by Gasteiger charge is 2.41. The van der Waals surface area contributed by atoms with Gasteiger partial charge in [-0.15, -0.1) is 0 Å². The van der Waals surface area contributed by atoms with Gasteiger partial charge in [-0.25, -0.2) is 0 Å². The average molecular weight is 423 g/mol. The summed E-state index contributed by atoms with van der Waals surface area (Å²) in [6, 6.07) is 0. The third-order valence-electron chi connectivity index (χ3n) is 6.67. The van der Waals surface area contributed by atoms with E-state index in [9.17, 15) is 19.8 Å². The predicted octanol–water partition coefficient (Wildman–Crippen LogP) is 3.72. The van der Waals surface area contributed by atoms with Crippen molar-refractivity contribution < 1.29 is 29.6 Å². The van der Waals surface area contributed by atoms with Crippen molar-refractivity contribution in [1.29, 1.82) is 0 Å². The molecule has 6 heteroatoms. The number of allylic oxidation sites excluding steroid dienone is 3. The first-order valence-electron chi connectivity index (χ1n) is 11.3. The van der Waals surface area contributed by atoms with Crippen LogP contribution in [0.4, 0.5) is 0 Å². The first-order chi connectivity index (χ1) is 14.1. The van der Waals surface area contributed by atoms with Gasteiger partial charge in [0.25, 0.3) is 0 Å². The van der Waals surface area contributed by atoms with Gasteiger partial charge in [-0.2, -0.15) is 0 Å². The zero-order valence-electron chi connectivity index (χ0n) is 18.7. The van der Waals surface area contributed by atoms with Crippen LogP contribution < -0.4 is 0 Å². The van der Waals surface area contributed by atoms with E-state index in [1.54, 1.807) is 0 Å². The third kappa shape index (κ3) is 6.67. The molecule has 0 aromatic heterocycles. The largest absolute Gasteiger partial charge is 0.481 e. The van der Waals surface area contributed by atoms with E-state index in [1.165, 1.54) is 5.57 Å². The molecule has 2 aliphatic rings. The highest BCUT2D eigenvalue weighted by Crippen LogP contribution is 2.45.